The molecule has 0 spiro atoms. The Kier molecular flexibility index (Phi) is 8.02. The number of nitrogens with zero attached hydrogens (tertiary/aromatic N) is 1. The molecule has 31 heavy (non-hydrogen) atoms. The number of carbonyl (C=O) groups is 3. The Bertz CT molecular complexity index is 1100. The van der Waals surface area contributed by atoms with Gasteiger partial charge in [-0.05, 0) is 36.4 Å². The molecule has 0 aliphatic carbocycles. The monoisotopic (exact) mass is 488 g/mol. The molecule has 166 valence electrons. The number of carbonyl (C=O) groups excluding carboxylic acids is 3. The highest BCUT2D eigenvalue weighted by atomic mass is 35.5. The maximum Gasteiger partial charge on any atom is 0.337 e. The van der Waals surface area contributed by atoms with Crippen molar-refractivity contribution in [1.29, 1.82) is 0 Å². The summed E-state index contributed by atoms with van der Waals surface area (Å²) in [5.41, 5.74) is 0.0552. The van der Waals surface area contributed by atoms with Crippen molar-refractivity contribution in [1.82, 2.24) is 4.31 Å². The zero-order valence-electron chi connectivity index (χ0n) is 16.6. The van der Waals surface area contributed by atoms with E-state index in [1.54, 1.807) is 0 Å². The lowest BCUT2D eigenvalue weighted by atomic mass is 10.1. The van der Waals surface area contributed by atoms with Crippen LogP contribution >= 0.6 is 23.2 Å². The summed E-state index contributed by atoms with van der Waals surface area (Å²) in [6.07, 6.45) is 0. The Balaban J connectivity index is 2.26. The Morgan fingerprint density at radius 1 is 0.968 bits per heavy atom. The predicted molar refractivity (Wildman–Crippen MR) is 114 cm³/mol. The van der Waals surface area contributed by atoms with Gasteiger partial charge in [-0.1, -0.05) is 23.2 Å². The fourth-order valence-corrected chi connectivity index (χ4v) is 4.36. The molecule has 2 aromatic carbocycles. The number of hydrogen-bond acceptors (Lipinski definition) is 7. The number of ether oxygens (including phenoxy) is 2. The molecule has 0 aromatic heterocycles. The minimum Gasteiger partial charge on any atom is -0.465 e. The second-order valence-corrected chi connectivity index (χ2v) is 9.02. The number of benzene rings is 2. The van der Waals surface area contributed by atoms with Gasteiger partial charge in [0.2, 0.25) is 15.9 Å². The van der Waals surface area contributed by atoms with Crippen molar-refractivity contribution < 1.29 is 32.3 Å². The summed E-state index contributed by atoms with van der Waals surface area (Å²) < 4.78 is 35.5. The molecule has 0 bridgehead atoms. The third kappa shape index (κ3) is 5.95. The molecule has 2 aromatic rings. The summed E-state index contributed by atoms with van der Waals surface area (Å²) in [6, 6.07) is 7.73. The van der Waals surface area contributed by atoms with Crippen LogP contribution in [0.5, 0.6) is 0 Å². The van der Waals surface area contributed by atoms with Gasteiger partial charge in [0.1, 0.15) is 4.90 Å². The first-order valence-corrected chi connectivity index (χ1v) is 10.7. The Labute approximate surface area is 188 Å². The number of amides is 1. The second-order valence-electron chi connectivity index (χ2n) is 6.17. The van der Waals surface area contributed by atoms with Crippen molar-refractivity contribution in [3.8, 4) is 0 Å². The average molecular weight is 489 g/mol. The molecule has 1 amide bonds. The van der Waals surface area contributed by atoms with Gasteiger partial charge in [0.15, 0.2) is 0 Å². The van der Waals surface area contributed by atoms with E-state index in [0.717, 1.165) is 18.5 Å². The molecule has 1 N–H and O–H groups in total. The topological polar surface area (TPSA) is 119 Å². The first kappa shape index (κ1) is 24.6. The smallest absolute Gasteiger partial charge is 0.337 e. The maximum atomic E-state index is 12.7. The molecule has 0 saturated carbocycles. The van der Waals surface area contributed by atoms with Crippen LogP contribution in [0.1, 0.15) is 20.7 Å². The number of halogens is 2. The van der Waals surface area contributed by atoms with Gasteiger partial charge in [0, 0.05) is 17.8 Å². The number of sulfonamides is 1. The number of esters is 2. The SMILES string of the molecule is COC(=O)c1cc(NC(=O)CN(C)S(=O)(=O)c2cc(Cl)ccc2Cl)cc(C(=O)OC)c1. The van der Waals surface area contributed by atoms with Crippen LogP contribution in [0.15, 0.2) is 41.3 Å². The summed E-state index contributed by atoms with van der Waals surface area (Å²) in [7, 11) is -0.614. The lowest BCUT2D eigenvalue weighted by molar-refractivity contribution is -0.116. The minimum atomic E-state index is -4.12. The summed E-state index contributed by atoms with van der Waals surface area (Å²) in [6.45, 7) is -0.582. The van der Waals surface area contributed by atoms with Crippen molar-refractivity contribution in [2.45, 2.75) is 4.90 Å². The molecule has 0 atom stereocenters. The molecular formula is C19H18Cl2N2O7S. The first-order chi connectivity index (χ1) is 14.5. The Morgan fingerprint density at radius 2 is 1.52 bits per heavy atom. The average Bonchev–Trinajstić information content (AvgIpc) is 2.73. The standard InChI is InChI=1S/C19H18Cl2N2O7S/c1-23(31(27,28)16-9-13(20)4-5-15(16)21)10-17(24)22-14-7-11(18(25)29-2)6-12(8-14)19(26)30-3/h4-9H,10H2,1-3H3,(H,22,24). The van der Waals surface area contributed by atoms with Crippen LogP contribution in [0.2, 0.25) is 10.0 Å². The van der Waals surface area contributed by atoms with Crippen LogP contribution in [0.4, 0.5) is 5.69 Å². The van der Waals surface area contributed by atoms with Gasteiger partial charge in [-0.15, -0.1) is 0 Å². The van der Waals surface area contributed by atoms with E-state index in [-0.39, 0.29) is 31.8 Å². The van der Waals surface area contributed by atoms with Crippen molar-refractivity contribution in [3.05, 3.63) is 57.6 Å². The molecule has 2 rings (SSSR count). The lowest BCUT2D eigenvalue weighted by Gasteiger charge is -2.18. The molecule has 0 heterocycles. The van der Waals surface area contributed by atoms with Gasteiger partial charge in [-0.2, -0.15) is 4.31 Å². The van der Waals surface area contributed by atoms with E-state index in [2.05, 4.69) is 14.8 Å². The van der Waals surface area contributed by atoms with E-state index in [9.17, 15) is 22.8 Å². The van der Waals surface area contributed by atoms with E-state index >= 15 is 0 Å². The number of hydrogen-bond donors (Lipinski definition) is 1. The summed E-state index contributed by atoms with van der Waals surface area (Å²) in [5, 5.41) is 2.55. The van der Waals surface area contributed by atoms with Crippen molar-refractivity contribution in [2.75, 3.05) is 33.1 Å². The maximum absolute atomic E-state index is 12.7. The van der Waals surface area contributed by atoms with Crippen LogP contribution in [0.25, 0.3) is 0 Å². The van der Waals surface area contributed by atoms with E-state index < -0.39 is 34.4 Å². The van der Waals surface area contributed by atoms with E-state index in [0.29, 0.717) is 0 Å². The third-order valence-corrected chi connectivity index (χ3v) is 6.53. The molecule has 0 aliphatic rings. The highest BCUT2D eigenvalue weighted by molar-refractivity contribution is 7.89. The molecule has 0 saturated heterocycles. The fourth-order valence-electron chi connectivity index (χ4n) is 2.50. The minimum absolute atomic E-state index is 0.00705. The summed E-state index contributed by atoms with van der Waals surface area (Å²) >= 11 is 11.8. The molecule has 0 aliphatic heterocycles. The molecule has 9 nitrogen and oxygen atoms in total. The van der Waals surface area contributed by atoms with Crippen molar-refractivity contribution in [3.63, 3.8) is 0 Å². The van der Waals surface area contributed by atoms with Gasteiger partial charge in [-0.25, -0.2) is 18.0 Å². The predicted octanol–water partition coefficient (Wildman–Crippen LogP) is 2.83. The fraction of sp³-hybridized carbons (Fsp3) is 0.211. The van der Waals surface area contributed by atoms with E-state index in [1.165, 1.54) is 43.4 Å². The van der Waals surface area contributed by atoms with Crippen molar-refractivity contribution >= 4 is 56.8 Å². The zero-order chi connectivity index (χ0) is 23.3. The molecule has 12 heteroatoms. The number of rotatable bonds is 7. The van der Waals surface area contributed by atoms with Gasteiger partial charge in [-0.3, -0.25) is 4.79 Å². The highest BCUT2D eigenvalue weighted by Crippen LogP contribution is 2.27. The highest BCUT2D eigenvalue weighted by Gasteiger charge is 2.26. The number of likely N-dealkylation sites (N-methyl/N-ethyl adjacent to an activating group) is 1. The van der Waals surface area contributed by atoms with Crippen LogP contribution in [0, 0.1) is 0 Å². The second kappa shape index (κ2) is 10.1. The molecule has 0 radical (unpaired) electrons. The molecule has 0 unspecified atom stereocenters. The van der Waals surface area contributed by atoms with Crippen LogP contribution < -0.4 is 5.32 Å². The van der Waals surface area contributed by atoms with Crippen LogP contribution in [-0.4, -0.2) is 58.4 Å². The van der Waals surface area contributed by atoms with Gasteiger partial charge in [0.05, 0.1) is 36.9 Å². The number of nitrogens with one attached hydrogen (secondary N) is 1. The van der Waals surface area contributed by atoms with Gasteiger partial charge < -0.3 is 14.8 Å². The normalized spacial score (nSPS) is 11.2. The molecular weight excluding hydrogens is 471 g/mol. The van der Waals surface area contributed by atoms with Crippen LogP contribution in [-0.2, 0) is 24.3 Å². The zero-order valence-corrected chi connectivity index (χ0v) is 19.0. The Hall–Kier alpha value is -2.66. The first-order valence-electron chi connectivity index (χ1n) is 8.52. The number of anilines is 1. The quantitative estimate of drug-likeness (QED) is 0.594. The third-order valence-electron chi connectivity index (χ3n) is 4.01. The number of methoxy groups -OCH3 is 2. The Morgan fingerprint density at radius 3 is 2.03 bits per heavy atom. The summed E-state index contributed by atoms with van der Waals surface area (Å²) in [4.78, 5) is 35.9. The van der Waals surface area contributed by atoms with Crippen LogP contribution in [0.3, 0.4) is 0 Å². The molecule has 0 fully saturated rings. The van der Waals surface area contributed by atoms with E-state index in [4.69, 9.17) is 23.2 Å². The van der Waals surface area contributed by atoms with E-state index in [1.807, 2.05) is 0 Å². The van der Waals surface area contributed by atoms with Crippen molar-refractivity contribution in [2.24, 2.45) is 0 Å². The van der Waals surface area contributed by atoms with Gasteiger partial charge in [0.25, 0.3) is 0 Å². The largest absolute Gasteiger partial charge is 0.465 e. The summed E-state index contributed by atoms with van der Waals surface area (Å²) in [5.74, 6) is -2.21. The lowest BCUT2D eigenvalue weighted by Crippen LogP contribution is -2.35. The van der Waals surface area contributed by atoms with Gasteiger partial charge >= 0.3 is 11.9 Å².